The first-order valence-electron chi connectivity index (χ1n) is 10.3. The van der Waals surface area contributed by atoms with Crippen molar-refractivity contribution in [2.45, 2.75) is 32.6 Å². The largest absolute Gasteiger partial charge is 0.456 e. The number of fused-ring (bicyclic) bond motifs is 9. The van der Waals surface area contributed by atoms with Gasteiger partial charge in [-0.3, -0.25) is 4.57 Å². The van der Waals surface area contributed by atoms with E-state index in [0.29, 0.717) is 5.92 Å². The minimum atomic E-state index is 0.262. The molecule has 3 nitrogen and oxygen atoms in total. The molecule has 0 N–H and O–H groups in total. The van der Waals surface area contributed by atoms with Crippen LogP contribution in [0.1, 0.15) is 49.3 Å². The van der Waals surface area contributed by atoms with E-state index in [0.717, 1.165) is 17.0 Å². The van der Waals surface area contributed by atoms with Gasteiger partial charge in [-0.15, -0.1) is 0 Å². The zero-order valence-corrected chi connectivity index (χ0v) is 16.8. The number of para-hydroxylation sites is 1. The maximum atomic E-state index is 6.42. The Balaban J connectivity index is 1.87. The van der Waals surface area contributed by atoms with Crippen LogP contribution in [0.2, 0.25) is 0 Å². The monoisotopic (exact) mass is 378 g/mol. The summed E-state index contributed by atoms with van der Waals surface area (Å²) in [5.41, 5.74) is 8.26. The van der Waals surface area contributed by atoms with Crippen LogP contribution in [-0.4, -0.2) is 9.55 Å². The van der Waals surface area contributed by atoms with Crippen molar-refractivity contribution in [1.82, 2.24) is 9.55 Å². The van der Waals surface area contributed by atoms with Crippen LogP contribution in [0.5, 0.6) is 0 Å². The number of aromatic nitrogens is 2. The Bertz CT molecular complexity index is 1400. The predicted octanol–water partition coefficient (Wildman–Crippen LogP) is 7.03. The van der Waals surface area contributed by atoms with Gasteiger partial charge in [0.15, 0.2) is 0 Å². The summed E-state index contributed by atoms with van der Waals surface area (Å²) in [4.78, 5) is 4.75. The summed E-state index contributed by atoms with van der Waals surface area (Å²) in [7, 11) is 0. The van der Waals surface area contributed by atoms with Crippen LogP contribution in [0.15, 0.2) is 71.4 Å². The molecule has 0 spiro atoms. The van der Waals surface area contributed by atoms with E-state index in [1.54, 1.807) is 0 Å². The molecule has 0 saturated carbocycles. The molecule has 0 fully saturated rings. The van der Waals surface area contributed by atoms with Gasteiger partial charge < -0.3 is 4.42 Å². The van der Waals surface area contributed by atoms with Crippen molar-refractivity contribution in [2.24, 2.45) is 0 Å². The third-order valence-electron chi connectivity index (χ3n) is 6.32. The highest BCUT2D eigenvalue weighted by Gasteiger charge is 2.29. The first-order valence-corrected chi connectivity index (χ1v) is 10.3. The molecule has 5 aromatic rings. The van der Waals surface area contributed by atoms with Crippen molar-refractivity contribution in [2.75, 3.05) is 0 Å². The van der Waals surface area contributed by atoms with Crippen LogP contribution in [0.4, 0.5) is 0 Å². The summed E-state index contributed by atoms with van der Waals surface area (Å²) in [6.07, 6.45) is 3.98. The second kappa shape index (κ2) is 5.84. The average molecular weight is 378 g/mol. The van der Waals surface area contributed by atoms with Crippen molar-refractivity contribution < 1.29 is 4.42 Å². The van der Waals surface area contributed by atoms with E-state index in [1.165, 1.54) is 38.7 Å². The normalized spacial score (nSPS) is 15.4. The summed E-state index contributed by atoms with van der Waals surface area (Å²) in [5.74, 6) is 1.63. The minimum absolute atomic E-state index is 0.262. The van der Waals surface area contributed by atoms with E-state index in [9.17, 15) is 0 Å². The van der Waals surface area contributed by atoms with Gasteiger partial charge in [-0.05, 0) is 34.7 Å². The molecular formula is C26H22N2O. The van der Waals surface area contributed by atoms with Gasteiger partial charge in [0.2, 0.25) is 0 Å². The van der Waals surface area contributed by atoms with E-state index >= 15 is 0 Å². The first kappa shape index (κ1) is 16.6. The second-order valence-corrected chi connectivity index (χ2v) is 8.29. The van der Waals surface area contributed by atoms with Crippen LogP contribution < -0.4 is 0 Å². The van der Waals surface area contributed by atoms with Gasteiger partial charge in [0.25, 0.3) is 0 Å². The molecular weight excluding hydrogens is 356 g/mol. The molecule has 2 aromatic heterocycles. The molecule has 29 heavy (non-hydrogen) atoms. The summed E-state index contributed by atoms with van der Waals surface area (Å²) in [5, 5.41) is 2.36. The summed E-state index contributed by atoms with van der Waals surface area (Å²) >= 11 is 0. The molecule has 0 aliphatic carbocycles. The Kier molecular flexibility index (Phi) is 3.34. The SMILES string of the molecule is CC(C)c1cc2c(c3c1oc1ccccc13)-n1ccnc1-c1ccccc1C2C. The molecule has 3 aromatic carbocycles. The van der Waals surface area contributed by atoms with Gasteiger partial charge in [-0.25, -0.2) is 4.98 Å². The molecule has 3 heteroatoms. The maximum Gasteiger partial charge on any atom is 0.144 e. The van der Waals surface area contributed by atoms with Crippen LogP contribution in [0.3, 0.4) is 0 Å². The number of nitrogens with zero attached hydrogens (tertiary/aromatic N) is 2. The van der Waals surface area contributed by atoms with Crippen molar-refractivity contribution in [1.29, 1.82) is 0 Å². The van der Waals surface area contributed by atoms with Gasteiger partial charge >= 0.3 is 0 Å². The Hall–Kier alpha value is -3.33. The fourth-order valence-electron chi connectivity index (χ4n) is 4.88. The minimum Gasteiger partial charge on any atom is -0.456 e. The van der Waals surface area contributed by atoms with Crippen molar-refractivity contribution in [3.05, 3.63) is 83.7 Å². The van der Waals surface area contributed by atoms with E-state index in [-0.39, 0.29) is 5.92 Å². The lowest BCUT2D eigenvalue weighted by Crippen LogP contribution is -2.04. The topological polar surface area (TPSA) is 31.0 Å². The third kappa shape index (κ3) is 2.16. The zero-order valence-electron chi connectivity index (χ0n) is 16.8. The fourth-order valence-corrected chi connectivity index (χ4v) is 4.88. The molecule has 6 rings (SSSR count). The highest BCUT2D eigenvalue weighted by atomic mass is 16.3. The molecule has 3 heterocycles. The molecule has 0 bridgehead atoms. The predicted molar refractivity (Wildman–Crippen MR) is 118 cm³/mol. The standard InChI is InChI=1S/C26H22N2O/c1-15(2)20-14-21-16(3)17-8-4-5-9-18(17)26-27-12-13-28(26)24(21)23-19-10-6-7-11-22(19)29-25(20)23/h4-16H,1-3H3. The maximum absolute atomic E-state index is 6.42. The van der Waals surface area contributed by atoms with Gasteiger partial charge in [0, 0.05) is 29.3 Å². The van der Waals surface area contributed by atoms with Crippen molar-refractivity contribution in [3.63, 3.8) is 0 Å². The van der Waals surface area contributed by atoms with Crippen LogP contribution in [-0.2, 0) is 0 Å². The molecule has 0 saturated heterocycles. The lowest BCUT2D eigenvalue weighted by molar-refractivity contribution is 0.656. The third-order valence-corrected chi connectivity index (χ3v) is 6.32. The number of hydrogen-bond donors (Lipinski definition) is 0. The summed E-state index contributed by atoms with van der Waals surface area (Å²) in [6.45, 7) is 6.79. The highest BCUT2D eigenvalue weighted by molar-refractivity contribution is 6.11. The second-order valence-electron chi connectivity index (χ2n) is 8.29. The van der Waals surface area contributed by atoms with Crippen LogP contribution >= 0.6 is 0 Å². The highest BCUT2D eigenvalue weighted by Crippen LogP contribution is 2.47. The first-order chi connectivity index (χ1) is 14.1. The quantitative estimate of drug-likeness (QED) is 0.313. The Morgan fingerprint density at radius 3 is 2.66 bits per heavy atom. The summed E-state index contributed by atoms with van der Waals surface area (Å²) in [6, 6.07) is 19.4. The number of rotatable bonds is 1. The Labute approximate surface area is 169 Å². The summed E-state index contributed by atoms with van der Waals surface area (Å²) < 4.78 is 8.68. The van der Waals surface area contributed by atoms with Crippen molar-refractivity contribution in [3.8, 4) is 17.1 Å². The van der Waals surface area contributed by atoms with E-state index in [4.69, 9.17) is 9.40 Å². The zero-order chi connectivity index (χ0) is 19.7. The lowest BCUT2D eigenvalue weighted by Gasteiger charge is -2.19. The fraction of sp³-hybridized carbons (Fsp3) is 0.192. The molecule has 142 valence electrons. The molecule has 1 unspecified atom stereocenters. The van der Waals surface area contributed by atoms with E-state index in [1.807, 2.05) is 12.3 Å². The molecule has 1 aliphatic heterocycles. The number of imidazole rings is 1. The number of benzene rings is 3. The smallest absolute Gasteiger partial charge is 0.144 e. The van der Waals surface area contributed by atoms with Gasteiger partial charge in [0.05, 0.1) is 11.1 Å². The molecule has 0 radical (unpaired) electrons. The van der Waals surface area contributed by atoms with Gasteiger partial charge in [0.1, 0.15) is 17.0 Å². The molecule has 1 atom stereocenters. The van der Waals surface area contributed by atoms with Crippen molar-refractivity contribution >= 4 is 21.9 Å². The Morgan fingerprint density at radius 1 is 1.00 bits per heavy atom. The van der Waals surface area contributed by atoms with Crippen LogP contribution in [0, 0.1) is 0 Å². The van der Waals surface area contributed by atoms with Gasteiger partial charge in [-0.2, -0.15) is 0 Å². The molecule has 1 aliphatic rings. The lowest BCUT2D eigenvalue weighted by atomic mass is 9.86. The number of furan rings is 1. The van der Waals surface area contributed by atoms with Crippen LogP contribution in [0.25, 0.3) is 39.0 Å². The molecule has 0 amide bonds. The Morgan fingerprint density at radius 2 is 1.79 bits per heavy atom. The van der Waals surface area contributed by atoms with Gasteiger partial charge in [-0.1, -0.05) is 63.2 Å². The average Bonchev–Trinajstić information content (AvgIpc) is 3.35. The number of hydrogen-bond acceptors (Lipinski definition) is 2. The van der Waals surface area contributed by atoms with E-state index < -0.39 is 0 Å². The van der Waals surface area contributed by atoms with E-state index in [2.05, 4.69) is 80.1 Å².